The van der Waals surface area contributed by atoms with E-state index in [1.165, 1.54) is 54.5 Å². The van der Waals surface area contributed by atoms with Crippen LogP contribution in [0, 0.1) is 5.82 Å². The van der Waals surface area contributed by atoms with Crippen LogP contribution in [0.4, 0.5) is 17.6 Å². The highest BCUT2D eigenvalue weighted by atomic mass is 19.4. The van der Waals surface area contributed by atoms with Crippen LogP contribution in [0.5, 0.6) is 5.75 Å². The quantitative estimate of drug-likeness (QED) is 0.336. The lowest BCUT2D eigenvalue weighted by Crippen LogP contribution is -2.18. The van der Waals surface area contributed by atoms with Gasteiger partial charge in [0.2, 0.25) is 0 Å². The molecular weight excluding hydrogens is 480 g/mol. The van der Waals surface area contributed by atoms with Gasteiger partial charge in [0.05, 0.1) is 42.1 Å². The van der Waals surface area contributed by atoms with E-state index in [1.807, 2.05) is 0 Å². The van der Waals surface area contributed by atoms with Gasteiger partial charge in [-0.1, -0.05) is 6.07 Å². The summed E-state index contributed by atoms with van der Waals surface area (Å²) in [6.45, 7) is 0. The molecule has 36 heavy (non-hydrogen) atoms. The molecule has 3 heterocycles. The minimum absolute atomic E-state index is 0.00981. The Morgan fingerprint density at radius 1 is 0.917 bits per heavy atom. The Bertz CT molecular complexity index is 1610. The summed E-state index contributed by atoms with van der Waals surface area (Å²) in [5.74, 6) is -0.800. The molecule has 8 nitrogen and oxygen atoms in total. The van der Waals surface area contributed by atoms with E-state index in [0.29, 0.717) is 5.69 Å². The predicted octanol–water partition coefficient (Wildman–Crippen LogP) is 4.44. The fourth-order valence-electron chi connectivity index (χ4n) is 3.65. The topological polar surface area (TPSA) is 79.8 Å². The predicted molar refractivity (Wildman–Crippen MR) is 121 cm³/mol. The van der Waals surface area contributed by atoms with Crippen molar-refractivity contribution in [1.82, 2.24) is 29.3 Å². The van der Waals surface area contributed by atoms with Crippen molar-refractivity contribution in [3.05, 3.63) is 101 Å². The zero-order valence-electron chi connectivity index (χ0n) is 18.5. The van der Waals surface area contributed by atoms with Crippen LogP contribution in [0.3, 0.4) is 0 Å². The Morgan fingerprint density at radius 2 is 1.75 bits per heavy atom. The Hall–Kier alpha value is -4.74. The second-order valence-corrected chi connectivity index (χ2v) is 7.58. The minimum Gasteiger partial charge on any atom is -0.491 e. The highest BCUT2D eigenvalue weighted by Gasteiger charge is 2.31. The summed E-state index contributed by atoms with van der Waals surface area (Å²) in [5.41, 5.74) is -1.07. The van der Waals surface area contributed by atoms with E-state index in [0.717, 1.165) is 21.5 Å². The second kappa shape index (κ2) is 8.80. The minimum atomic E-state index is -4.57. The lowest BCUT2D eigenvalue weighted by Gasteiger charge is -2.14. The molecule has 0 bridgehead atoms. The van der Waals surface area contributed by atoms with Crippen molar-refractivity contribution >= 4 is 0 Å². The first-order valence-electron chi connectivity index (χ1n) is 10.5. The molecular formula is C24H16F4N6O2. The molecule has 0 aliphatic heterocycles. The monoisotopic (exact) mass is 496 g/mol. The number of rotatable bonds is 5. The third-order valence-corrected chi connectivity index (χ3v) is 5.36. The molecule has 5 aromatic rings. The summed E-state index contributed by atoms with van der Waals surface area (Å²) in [5, 5.41) is 12.4. The van der Waals surface area contributed by atoms with E-state index in [1.54, 1.807) is 24.5 Å². The number of hydrogen-bond acceptors (Lipinski definition) is 5. The first-order chi connectivity index (χ1) is 17.3. The molecule has 182 valence electrons. The van der Waals surface area contributed by atoms with Crippen molar-refractivity contribution in [3.8, 4) is 34.2 Å². The van der Waals surface area contributed by atoms with Crippen molar-refractivity contribution in [2.45, 2.75) is 6.18 Å². The maximum Gasteiger partial charge on any atom is 0.416 e. The SMILES string of the molecule is COc1cn(-c2ccc(-n3cccn3)cc2F)nc(-c2ccnn2-c2cccc(C(F)(F)F)c2)c1=O. The van der Waals surface area contributed by atoms with Gasteiger partial charge in [-0.15, -0.1) is 0 Å². The fourth-order valence-corrected chi connectivity index (χ4v) is 3.65. The first-order valence-corrected chi connectivity index (χ1v) is 10.5. The summed E-state index contributed by atoms with van der Waals surface area (Å²) >= 11 is 0. The molecule has 0 spiro atoms. The van der Waals surface area contributed by atoms with E-state index in [-0.39, 0.29) is 28.5 Å². The van der Waals surface area contributed by atoms with Crippen LogP contribution >= 0.6 is 0 Å². The van der Waals surface area contributed by atoms with Gasteiger partial charge < -0.3 is 4.74 Å². The zero-order valence-corrected chi connectivity index (χ0v) is 18.5. The van der Waals surface area contributed by atoms with E-state index in [2.05, 4.69) is 15.3 Å². The molecule has 0 atom stereocenters. The average molecular weight is 496 g/mol. The molecule has 3 aromatic heterocycles. The maximum atomic E-state index is 15.1. The van der Waals surface area contributed by atoms with E-state index in [4.69, 9.17) is 4.74 Å². The molecule has 0 aliphatic carbocycles. The third-order valence-electron chi connectivity index (χ3n) is 5.36. The molecule has 12 heteroatoms. The molecule has 0 amide bonds. The van der Waals surface area contributed by atoms with Crippen LogP contribution in [0.15, 0.2) is 84.2 Å². The Labute approximate surface area is 200 Å². The molecule has 5 rings (SSSR count). The summed E-state index contributed by atoms with van der Waals surface area (Å²) < 4.78 is 63.8. The number of methoxy groups -OCH3 is 1. The maximum absolute atomic E-state index is 15.1. The van der Waals surface area contributed by atoms with Crippen LogP contribution in [0.1, 0.15) is 5.56 Å². The molecule has 0 fully saturated rings. The van der Waals surface area contributed by atoms with E-state index >= 15 is 4.39 Å². The van der Waals surface area contributed by atoms with Gasteiger partial charge in [-0.2, -0.15) is 28.5 Å². The smallest absolute Gasteiger partial charge is 0.416 e. The Morgan fingerprint density at radius 3 is 2.44 bits per heavy atom. The third kappa shape index (κ3) is 4.13. The van der Waals surface area contributed by atoms with Crippen LogP contribution in [-0.4, -0.2) is 36.5 Å². The van der Waals surface area contributed by atoms with Gasteiger partial charge in [-0.3, -0.25) is 4.79 Å². The molecule has 0 saturated heterocycles. The molecule has 0 aliphatic rings. The van der Waals surface area contributed by atoms with Crippen molar-refractivity contribution in [2.24, 2.45) is 0 Å². The Balaban J connectivity index is 1.64. The largest absolute Gasteiger partial charge is 0.491 e. The number of nitrogens with zero attached hydrogens (tertiary/aromatic N) is 6. The number of halogens is 4. The number of aromatic nitrogens is 6. The summed E-state index contributed by atoms with van der Waals surface area (Å²) in [4.78, 5) is 13.1. The number of benzene rings is 2. The molecule has 0 saturated carbocycles. The first kappa shape index (κ1) is 23.0. The van der Waals surface area contributed by atoms with Crippen molar-refractivity contribution < 1.29 is 22.3 Å². The van der Waals surface area contributed by atoms with Crippen molar-refractivity contribution in [2.75, 3.05) is 7.11 Å². The van der Waals surface area contributed by atoms with E-state index in [9.17, 15) is 18.0 Å². The second-order valence-electron chi connectivity index (χ2n) is 7.58. The van der Waals surface area contributed by atoms with Gasteiger partial charge >= 0.3 is 6.18 Å². The van der Waals surface area contributed by atoms with Crippen molar-refractivity contribution in [3.63, 3.8) is 0 Å². The van der Waals surface area contributed by atoms with Crippen LogP contribution < -0.4 is 10.2 Å². The van der Waals surface area contributed by atoms with E-state index < -0.39 is 23.0 Å². The van der Waals surface area contributed by atoms with Crippen LogP contribution in [-0.2, 0) is 6.18 Å². The number of alkyl halides is 3. The van der Waals surface area contributed by atoms with Gasteiger partial charge in [0, 0.05) is 18.5 Å². The standard InChI is InChI=1S/C24H16F4N6O2/c1-36-21-14-33(19-7-6-16(13-18(19)25)32-11-3-9-29-32)31-22(23(21)35)20-8-10-30-34(20)17-5-2-4-15(12-17)24(26,27)28/h2-14H,1H3. The highest BCUT2D eigenvalue weighted by Crippen LogP contribution is 2.31. The highest BCUT2D eigenvalue weighted by molar-refractivity contribution is 5.59. The van der Waals surface area contributed by atoms with Gasteiger partial charge in [0.1, 0.15) is 5.69 Å². The molecule has 2 aromatic carbocycles. The van der Waals surface area contributed by atoms with Gasteiger partial charge in [-0.05, 0) is 42.5 Å². The molecule has 0 N–H and O–H groups in total. The number of hydrogen-bond donors (Lipinski definition) is 0. The summed E-state index contributed by atoms with van der Waals surface area (Å²) in [6.07, 6.45) is 1.19. The Kier molecular flexibility index (Phi) is 5.63. The molecule has 0 unspecified atom stereocenters. The lowest BCUT2D eigenvalue weighted by molar-refractivity contribution is -0.137. The summed E-state index contributed by atoms with van der Waals surface area (Å²) in [7, 11) is 1.27. The average Bonchev–Trinajstić information content (AvgIpc) is 3.57. The summed E-state index contributed by atoms with van der Waals surface area (Å²) in [6, 6.07) is 11.9. The van der Waals surface area contributed by atoms with Gasteiger partial charge in [0.15, 0.2) is 17.3 Å². The van der Waals surface area contributed by atoms with Crippen molar-refractivity contribution in [1.29, 1.82) is 0 Å². The van der Waals surface area contributed by atoms with Gasteiger partial charge in [-0.25, -0.2) is 18.4 Å². The number of ether oxygens (including phenoxy) is 1. The van der Waals surface area contributed by atoms with Crippen LogP contribution in [0.25, 0.3) is 28.5 Å². The molecule has 0 radical (unpaired) electrons. The van der Waals surface area contributed by atoms with Gasteiger partial charge in [0.25, 0.3) is 5.43 Å². The zero-order chi connectivity index (χ0) is 25.4. The fraction of sp³-hybridized carbons (Fsp3) is 0.0833. The normalized spacial score (nSPS) is 11.6. The lowest BCUT2D eigenvalue weighted by atomic mass is 10.2. The van der Waals surface area contributed by atoms with Crippen LogP contribution in [0.2, 0.25) is 0 Å².